The Morgan fingerprint density at radius 2 is 1.79 bits per heavy atom. The molecule has 1 heterocycles. The molecule has 3 rings (SSSR count). The highest BCUT2D eigenvalue weighted by Gasteiger charge is 2.47. The molecular formula is C26H31Cl2NO5. The Balaban J connectivity index is 2.09. The molecule has 6 nitrogen and oxygen atoms in total. The molecule has 184 valence electrons. The molecule has 0 unspecified atom stereocenters. The van der Waals surface area contributed by atoms with Crippen LogP contribution < -0.4 is 0 Å². The van der Waals surface area contributed by atoms with Crippen LogP contribution in [0.3, 0.4) is 0 Å². The maximum absolute atomic E-state index is 13.7. The number of aliphatic hydroxyl groups is 1. The molecule has 1 saturated heterocycles. The largest absolute Gasteiger partial charge is 0.460 e. The highest BCUT2D eigenvalue weighted by molar-refractivity contribution is 6.30. The number of nitrogens with zero attached hydrogens (tertiary/aromatic N) is 1. The van der Waals surface area contributed by atoms with Crippen LogP contribution in [0.2, 0.25) is 10.0 Å². The third-order valence-electron chi connectivity index (χ3n) is 5.66. The van der Waals surface area contributed by atoms with Crippen molar-refractivity contribution in [2.24, 2.45) is 0 Å². The molecule has 8 heteroatoms. The lowest BCUT2D eigenvalue weighted by molar-refractivity contribution is -0.188. The molecular weight excluding hydrogens is 477 g/mol. The van der Waals surface area contributed by atoms with E-state index in [2.05, 4.69) is 0 Å². The minimum atomic E-state index is -1.07. The number of aliphatic hydroxyl groups excluding tert-OH is 1. The number of halogens is 2. The Morgan fingerprint density at radius 1 is 1.12 bits per heavy atom. The van der Waals surface area contributed by atoms with Crippen molar-refractivity contribution in [3.63, 3.8) is 0 Å². The highest BCUT2D eigenvalue weighted by atomic mass is 35.5. The number of esters is 1. The van der Waals surface area contributed by atoms with E-state index >= 15 is 0 Å². The monoisotopic (exact) mass is 507 g/mol. The van der Waals surface area contributed by atoms with Crippen LogP contribution in [0.1, 0.15) is 63.8 Å². The average molecular weight is 508 g/mol. The van der Waals surface area contributed by atoms with Gasteiger partial charge in [-0.15, -0.1) is 0 Å². The second kappa shape index (κ2) is 11.1. The van der Waals surface area contributed by atoms with E-state index < -0.39 is 35.9 Å². The molecule has 0 spiro atoms. The van der Waals surface area contributed by atoms with Gasteiger partial charge in [-0.1, -0.05) is 54.4 Å². The normalized spacial score (nSPS) is 21.9. The summed E-state index contributed by atoms with van der Waals surface area (Å²) in [5.74, 6) is -0.900. The van der Waals surface area contributed by atoms with E-state index in [9.17, 15) is 14.7 Å². The van der Waals surface area contributed by atoms with Gasteiger partial charge in [0, 0.05) is 10.0 Å². The molecule has 1 fully saturated rings. The predicted octanol–water partition coefficient (Wildman–Crippen LogP) is 5.51. The summed E-state index contributed by atoms with van der Waals surface area (Å²) in [7, 11) is 0. The van der Waals surface area contributed by atoms with Gasteiger partial charge in [-0.3, -0.25) is 9.59 Å². The van der Waals surface area contributed by atoms with Crippen molar-refractivity contribution in [2.45, 2.75) is 70.4 Å². The van der Waals surface area contributed by atoms with Gasteiger partial charge in [0.2, 0.25) is 0 Å². The van der Waals surface area contributed by atoms with Gasteiger partial charge < -0.3 is 19.5 Å². The Kier molecular flexibility index (Phi) is 8.63. The summed E-state index contributed by atoms with van der Waals surface area (Å²) in [6.07, 6.45) is -1.42. The predicted molar refractivity (Wildman–Crippen MR) is 132 cm³/mol. The second-order valence-electron chi connectivity index (χ2n) is 9.38. The van der Waals surface area contributed by atoms with Crippen molar-refractivity contribution in [1.82, 2.24) is 4.90 Å². The first-order valence-corrected chi connectivity index (χ1v) is 12.1. The average Bonchev–Trinajstić information content (AvgIpc) is 2.76. The molecule has 0 saturated carbocycles. The summed E-state index contributed by atoms with van der Waals surface area (Å²) in [6, 6.07) is 13.4. The fourth-order valence-electron chi connectivity index (χ4n) is 4.19. The zero-order valence-electron chi connectivity index (χ0n) is 19.8. The Morgan fingerprint density at radius 3 is 2.35 bits per heavy atom. The van der Waals surface area contributed by atoms with Gasteiger partial charge in [0.15, 0.2) is 0 Å². The topological polar surface area (TPSA) is 76.1 Å². The van der Waals surface area contributed by atoms with E-state index in [4.69, 9.17) is 32.7 Å². The Bertz CT molecular complexity index is 1000. The van der Waals surface area contributed by atoms with Crippen molar-refractivity contribution >= 4 is 35.1 Å². The number of hydrogen-bond donors (Lipinski definition) is 1. The van der Waals surface area contributed by atoms with Crippen LogP contribution >= 0.6 is 23.2 Å². The lowest BCUT2D eigenvalue weighted by atomic mass is 9.89. The van der Waals surface area contributed by atoms with Crippen LogP contribution in [0, 0.1) is 0 Å². The minimum absolute atomic E-state index is 0.228. The Labute approximate surface area is 210 Å². The summed E-state index contributed by atoms with van der Waals surface area (Å²) in [4.78, 5) is 28.0. The molecule has 1 aliphatic heterocycles. The standard InChI is InChI=1S/C26H31Cl2NO5/c1-5-20(15-30)29-23(16-9-11-18(27)12-10-16)24(17-7-6-8-19(28)13-17)33-21(25(29)32)14-22(31)34-26(2,3)4/h6-13,20-21,23-24,30H,5,14-15H2,1-4H3/t20-,21+,23+,24-/m0/s1. The van der Waals surface area contributed by atoms with E-state index in [1.807, 2.05) is 31.2 Å². The molecule has 1 amide bonds. The first kappa shape index (κ1) is 26.5. The highest BCUT2D eigenvalue weighted by Crippen LogP contribution is 2.44. The third kappa shape index (κ3) is 6.30. The molecule has 1 N–H and O–H groups in total. The van der Waals surface area contributed by atoms with E-state index in [0.29, 0.717) is 16.5 Å². The molecule has 0 aliphatic carbocycles. The van der Waals surface area contributed by atoms with Crippen LogP contribution in [0.5, 0.6) is 0 Å². The van der Waals surface area contributed by atoms with Crippen LogP contribution in [0.25, 0.3) is 0 Å². The maximum atomic E-state index is 13.7. The van der Waals surface area contributed by atoms with Crippen molar-refractivity contribution in [3.8, 4) is 0 Å². The van der Waals surface area contributed by atoms with Gasteiger partial charge in [0.25, 0.3) is 5.91 Å². The fraction of sp³-hybridized carbons (Fsp3) is 0.462. The minimum Gasteiger partial charge on any atom is -0.460 e. The summed E-state index contributed by atoms with van der Waals surface area (Å²) >= 11 is 12.4. The SMILES string of the molecule is CC[C@@H](CO)N1C(=O)[C@@H](CC(=O)OC(C)(C)C)O[C@@H](c2cccc(Cl)c2)[C@H]1c1ccc(Cl)cc1. The number of ether oxygens (including phenoxy) is 2. The smallest absolute Gasteiger partial charge is 0.309 e. The molecule has 34 heavy (non-hydrogen) atoms. The van der Waals surface area contributed by atoms with Crippen molar-refractivity contribution in [3.05, 3.63) is 69.7 Å². The number of rotatable bonds is 7. The summed E-state index contributed by atoms with van der Waals surface area (Å²) < 4.78 is 11.8. The fourth-order valence-corrected chi connectivity index (χ4v) is 4.51. The number of carbonyl (C=O) groups is 2. The number of benzene rings is 2. The summed E-state index contributed by atoms with van der Waals surface area (Å²) in [6.45, 7) is 6.98. The summed E-state index contributed by atoms with van der Waals surface area (Å²) in [5, 5.41) is 11.2. The zero-order chi connectivity index (χ0) is 25.0. The van der Waals surface area contributed by atoms with E-state index in [-0.39, 0.29) is 18.9 Å². The van der Waals surface area contributed by atoms with Crippen molar-refractivity contribution in [2.75, 3.05) is 6.61 Å². The van der Waals surface area contributed by atoms with Crippen molar-refractivity contribution < 1.29 is 24.2 Å². The molecule has 0 aromatic heterocycles. The molecule has 0 bridgehead atoms. The lowest BCUT2D eigenvalue weighted by Crippen LogP contribution is -2.56. The molecule has 0 radical (unpaired) electrons. The number of hydrogen-bond acceptors (Lipinski definition) is 5. The number of morpholine rings is 1. The van der Waals surface area contributed by atoms with Crippen LogP contribution in [0.15, 0.2) is 48.5 Å². The van der Waals surface area contributed by atoms with Crippen LogP contribution in [0.4, 0.5) is 0 Å². The van der Waals surface area contributed by atoms with Gasteiger partial charge in [0.1, 0.15) is 17.8 Å². The zero-order valence-corrected chi connectivity index (χ0v) is 21.3. The maximum Gasteiger partial charge on any atom is 0.309 e. The first-order valence-electron chi connectivity index (χ1n) is 11.3. The first-order chi connectivity index (χ1) is 16.0. The van der Waals surface area contributed by atoms with Gasteiger partial charge in [0.05, 0.1) is 25.1 Å². The third-order valence-corrected chi connectivity index (χ3v) is 6.15. The Hall–Kier alpha value is -2.12. The van der Waals surface area contributed by atoms with Gasteiger partial charge >= 0.3 is 5.97 Å². The molecule has 2 aromatic rings. The van der Waals surface area contributed by atoms with E-state index in [1.54, 1.807) is 49.9 Å². The molecule has 4 atom stereocenters. The van der Waals surface area contributed by atoms with Crippen molar-refractivity contribution in [1.29, 1.82) is 0 Å². The summed E-state index contributed by atoms with van der Waals surface area (Å²) in [5.41, 5.74) is 0.862. The van der Waals surface area contributed by atoms with Gasteiger partial charge in [-0.2, -0.15) is 0 Å². The molecule has 2 aromatic carbocycles. The van der Waals surface area contributed by atoms with Gasteiger partial charge in [-0.05, 0) is 62.6 Å². The number of amides is 1. The van der Waals surface area contributed by atoms with E-state index in [0.717, 1.165) is 11.1 Å². The molecule has 1 aliphatic rings. The second-order valence-corrected chi connectivity index (χ2v) is 10.3. The van der Waals surface area contributed by atoms with E-state index in [1.165, 1.54) is 0 Å². The number of carbonyl (C=O) groups excluding carboxylic acids is 2. The van der Waals surface area contributed by atoms with Crippen LogP contribution in [-0.4, -0.2) is 46.2 Å². The quantitative estimate of drug-likeness (QED) is 0.500. The van der Waals surface area contributed by atoms with Gasteiger partial charge in [-0.25, -0.2) is 0 Å². The lowest BCUT2D eigenvalue weighted by Gasteiger charge is -2.47. The van der Waals surface area contributed by atoms with Crippen LogP contribution in [-0.2, 0) is 19.1 Å².